The van der Waals surface area contributed by atoms with Gasteiger partial charge in [0.1, 0.15) is 5.75 Å². The van der Waals surface area contributed by atoms with Gasteiger partial charge in [-0.15, -0.1) is 0 Å². The van der Waals surface area contributed by atoms with Gasteiger partial charge in [0.25, 0.3) is 0 Å². The Labute approximate surface area is 156 Å². The van der Waals surface area contributed by atoms with E-state index in [-0.39, 0.29) is 0 Å². The molecule has 140 valence electrons. The summed E-state index contributed by atoms with van der Waals surface area (Å²) in [5.74, 6) is 0.840. The minimum absolute atomic E-state index is 0.362. The number of likely N-dealkylation sites (tertiary alicyclic amines) is 1. The SMILES string of the molecule is COc1ccc(COC[C@@H](O)CN2CCC[C@H]2Cc2ccccc2)cc1. The van der Waals surface area contributed by atoms with E-state index >= 15 is 0 Å². The van der Waals surface area contributed by atoms with Crippen LogP contribution >= 0.6 is 0 Å². The summed E-state index contributed by atoms with van der Waals surface area (Å²) in [5, 5.41) is 10.4. The van der Waals surface area contributed by atoms with E-state index in [4.69, 9.17) is 9.47 Å². The number of hydrogen-bond donors (Lipinski definition) is 1. The highest BCUT2D eigenvalue weighted by Crippen LogP contribution is 2.21. The Morgan fingerprint density at radius 2 is 1.85 bits per heavy atom. The first-order valence-corrected chi connectivity index (χ1v) is 9.41. The van der Waals surface area contributed by atoms with Gasteiger partial charge < -0.3 is 14.6 Å². The lowest BCUT2D eigenvalue weighted by Gasteiger charge is -2.27. The topological polar surface area (TPSA) is 41.9 Å². The van der Waals surface area contributed by atoms with Crippen LogP contribution < -0.4 is 4.74 Å². The Morgan fingerprint density at radius 1 is 1.08 bits per heavy atom. The number of nitrogens with zero attached hydrogens (tertiary/aromatic N) is 1. The van der Waals surface area contributed by atoms with Crippen LogP contribution in [0.1, 0.15) is 24.0 Å². The van der Waals surface area contributed by atoms with Crippen LogP contribution in [0.2, 0.25) is 0 Å². The largest absolute Gasteiger partial charge is 0.497 e. The average Bonchev–Trinajstić information content (AvgIpc) is 3.09. The first-order valence-electron chi connectivity index (χ1n) is 9.41. The van der Waals surface area contributed by atoms with Gasteiger partial charge >= 0.3 is 0 Å². The summed E-state index contributed by atoms with van der Waals surface area (Å²) < 4.78 is 10.9. The lowest BCUT2D eigenvalue weighted by atomic mass is 10.0. The summed E-state index contributed by atoms with van der Waals surface area (Å²) in [4.78, 5) is 2.41. The molecule has 0 aromatic heterocycles. The molecule has 1 aliphatic heterocycles. The minimum Gasteiger partial charge on any atom is -0.497 e. The van der Waals surface area contributed by atoms with Gasteiger partial charge in [0.05, 0.1) is 26.4 Å². The van der Waals surface area contributed by atoms with Crippen molar-refractivity contribution in [3.63, 3.8) is 0 Å². The molecular weight excluding hydrogens is 326 g/mol. The number of aliphatic hydroxyl groups is 1. The lowest BCUT2D eigenvalue weighted by molar-refractivity contribution is 0.00788. The Morgan fingerprint density at radius 3 is 2.58 bits per heavy atom. The second-order valence-electron chi connectivity index (χ2n) is 7.00. The molecule has 1 fully saturated rings. The highest BCUT2D eigenvalue weighted by molar-refractivity contribution is 5.26. The molecule has 0 spiro atoms. The van der Waals surface area contributed by atoms with E-state index in [1.165, 1.54) is 18.4 Å². The number of hydrogen-bond acceptors (Lipinski definition) is 4. The first kappa shape index (κ1) is 18.9. The zero-order chi connectivity index (χ0) is 18.2. The van der Waals surface area contributed by atoms with Crippen molar-refractivity contribution in [2.45, 2.75) is 38.0 Å². The highest BCUT2D eigenvalue weighted by atomic mass is 16.5. The maximum atomic E-state index is 10.4. The molecule has 0 amide bonds. The van der Waals surface area contributed by atoms with Gasteiger partial charge in [0.15, 0.2) is 0 Å². The average molecular weight is 355 g/mol. The molecule has 0 saturated carbocycles. The number of β-amino-alcohol motifs (C(OH)–C–C–N with tert-alkyl or cyclic N) is 1. The van der Waals surface area contributed by atoms with Crippen molar-refractivity contribution in [3.8, 4) is 5.75 Å². The lowest BCUT2D eigenvalue weighted by Crippen LogP contribution is -2.39. The molecule has 4 nitrogen and oxygen atoms in total. The molecule has 1 saturated heterocycles. The fraction of sp³-hybridized carbons (Fsp3) is 0.455. The van der Waals surface area contributed by atoms with Gasteiger partial charge in [0, 0.05) is 12.6 Å². The van der Waals surface area contributed by atoms with E-state index < -0.39 is 6.10 Å². The molecule has 0 unspecified atom stereocenters. The van der Waals surface area contributed by atoms with Gasteiger partial charge in [-0.25, -0.2) is 0 Å². The van der Waals surface area contributed by atoms with Crippen molar-refractivity contribution in [2.24, 2.45) is 0 Å². The summed E-state index contributed by atoms with van der Waals surface area (Å²) in [6.07, 6.45) is 3.01. The molecule has 2 atom stereocenters. The smallest absolute Gasteiger partial charge is 0.118 e. The third-order valence-electron chi connectivity index (χ3n) is 5.00. The molecule has 2 aromatic carbocycles. The quantitative estimate of drug-likeness (QED) is 0.750. The predicted octanol–water partition coefficient (Wildman–Crippen LogP) is 3.28. The van der Waals surface area contributed by atoms with E-state index in [9.17, 15) is 5.11 Å². The van der Waals surface area contributed by atoms with E-state index in [0.29, 0.717) is 25.8 Å². The summed E-state index contributed by atoms with van der Waals surface area (Å²) in [5.41, 5.74) is 2.45. The third kappa shape index (κ3) is 5.56. The van der Waals surface area contributed by atoms with Gasteiger partial charge in [-0.2, -0.15) is 0 Å². The van der Waals surface area contributed by atoms with Gasteiger partial charge in [-0.1, -0.05) is 42.5 Å². The summed E-state index contributed by atoms with van der Waals surface area (Å²) in [7, 11) is 1.66. The van der Waals surface area contributed by atoms with E-state index in [2.05, 4.69) is 35.2 Å². The molecule has 0 radical (unpaired) electrons. The van der Waals surface area contributed by atoms with Crippen molar-refractivity contribution in [1.82, 2.24) is 4.90 Å². The van der Waals surface area contributed by atoms with E-state index in [1.54, 1.807) is 7.11 Å². The van der Waals surface area contributed by atoms with Crippen LogP contribution in [-0.2, 0) is 17.8 Å². The molecule has 4 heteroatoms. The zero-order valence-electron chi connectivity index (χ0n) is 15.5. The normalized spacial score (nSPS) is 18.8. The van der Waals surface area contributed by atoms with Crippen molar-refractivity contribution >= 4 is 0 Å². The van der Waals surface area contributed by atoms with Crippen molar-refractivity contribution in [1.29, 1.82) is 0 Å². The summed E-state index contributed by atoms with van der Waals surface area (Å²) >= 11 is 0. The number of aliphatic hydroxyl groups excluding tert-OH is 1. The first-order chi connectivity index (χ1) is 12.7. The van der Waals surface area contributed by atoms with E-state index in [0.717, 1.165) is 24.3 Å². The van der Waals surface area contributed by atoms with Crippen LogP contribution in [0.4, 0.5) is 0 Å². The third-order valence-corrected chi connectivity index (χ3v) is 5.00. The standard InChI is InChI=1S/C22H29NO3/c1-25-22-11-9-19(10-12-22)16-26-17-21(24)15-23-13-5-8-20(23)14-18-6-3-2-4-7-18/h2-4,6-7,9-12,20-21,24H,5,8,13-17H2,1H3/t20-,21-/m0/s1. The molecule has 1 N–H and O–H groups in total. The van der Waals surface area contributed by atoms with Crippen LogP contribution in [0.25, 0.3) is 0 Å². The highest BCUT2D eigenvalue weighted by Gasteiger charge is 2.26. The molecule has 3 rings (SSSR count). The predicted molar refractivity (Wildman–Crippen MR) is 103 cm³/mol. The maximum Gasteiger partial charge on any atom is 0.118 e. The molecule has 2 aromatic rings. The molecule has 0 bridgehead atoms. The maximum absolute atomic E-state index is 10.4. The minimum atomic E-state index is -0.454. The van der Waals surface area contributed by atoms with Gasteiger partial charge in [-0.3, -0.25) is 4.90 Å². The Hall–Kier alpha value is -1.88. The zero-order valence-corrected chi connectivity index (χ0v) is 15.5. The van der Waals surface area contributed by atoms with Crippen LogP contribution in [0.15, 0.2) is 54.6 Å². The summed E-state index contributed by atoms with van der Waals surface area (Å²) in [6.45, 7) is 2.61. The van der Waals surface area contributed by atoms with Crippen LogP contribution in [0.3, 0.4) is 0 Å². The second-order valence-corrected chi connectivity index (χ2v) is 7.00. The molecule has 1 heterocycles. The number of methoxy groups -OCH3 is 1. The fourth-order valence-electron chi connectivity index (χ4n) is 3.61. The fourth-order valence-corrected chi connectivity index (χ4v) is 3.61. The molecule has 0 aliphatic carbocycles. The van der Waals surface area contributed by atoms with E-state index in [1.807, 2.05) is 24.3 Å². The number of rotatable bonds is 9. The Balaban J connectivity index is 1.41. The Bertz CT molecular complexity index is 644. The van der Waals surface area contributed by atoms with Crippen LogP contribution in [-0.4, -0.2) is 49.0 Å². The summed E-state index contributed by atoms with van der Waals surface area (Å²) in [6, 6.07) is 19.0. The number of benzene rings is 2. The molecule has 1 aliphatic rings. The van der Waals surface area contributed by atoms with Crippen LogP contribution in [0.5, 0.6) is 5.75 Å². The molecular formula is C22H29NO3. The number of ether oxygens (including phenoxy) is 2. The van der Waals surface area contributed by atoms with Crippen LogP contribution in [0, 0.1) is 0 Å². The van der Waals surface area contributed by atoms with Gasteiger partial charge in [-0.05, 0) is 49.1 Å². The van der Waals surface area contributed by atoms with Crippen molar-refractivity contribution in [3.05, 3.63) is 65.7 Å². The second kappa shape index (κ2) is 9.72. The van der Waals surface area contributed by atoms with Crippen molar-refractivity contribution in [2.75, 3.05) is 26.8 Å². The monoisotopic (exact) mass is 355 g/mol. The van der Waals surface area contributed by atoms with Crippen molar-refractivity contribution < 1.29 is 14.6 Å². The molecule has 26 heavy (non-hydrogen) atoms. The van der Waals surface area contributed by atoms with Gasteiger partial charge in [0.2, 0.25) is 0 Å². The Kier molecular flexibility index (Phi) is 7.06.